The number of unbranched alkanes of at least 4 members (excludes halogenated alkanes) is 1. The summed E-state index contributed by atoms with van der Waals surface area (Å²) in [5.41, 5.74) is 0.790. The van der Waals surface area contributed by atoms with Crippen molar-refractivity contribution in [3.8, 4) is 11.5 Å². The molecule has 0 spiro atoms. The second-order valence-electron chi connectivity index (χ2n) is 4.35. The monoisotopic (exact) mass is 294 g/mol. The smallest absolute Gasteiger partial charge is 0.226 e. The van der Waals surface area contributed by atoms with E-state index in [2.05, 4.69) is 17.2 Å². The highest BCUT2D eigenvalue weighted by Crippen LogP contribution is 2.36. The van der Waals surface area contributed by atoms with Gasteiger partial charge in [-0.25, -0.2) is 4.98 Å². The van der Waals surface area contributed by atoms with E-state index < -0.39 is 0 Å². The third kappa shape index (κ3) is 3.19. The summed E-state index contributed by atoms with van der Waals surface area (Å²) in [7, 11) is 3.18. The molecular formula is C14H18N2O3S. The molecule has 0 bridgehead atoms. The zero-order valence-corrected chi connectivity index (χ0v) is 12.7. The van der Waals surface area contributed by atoms with Crippen LogP contribution in [0.1, 0.15) is 26.2 Å². The molecule has 1 aromatic heterocycles. The molecule has 108 valence electrons. The molecule has 0 atom stereocenters. The molecule has 2 rings (SSSR count). The summed E-state index contributed by atoms with van der Waals surface area (Å²) in [6, 6.07) is 3.68. The molecule has 0 saturated carbocycles. The Balaban J connectivity index is 2.22. The highest BCUT2D eigenvalue weighted by molar-refractivity contribution is 7.22. The molecular weight excluding hydrogens is 276 g/mol. The number of carbonyl (C=O) groups is 1. The number of ether oxygens (including phenoxy) is 2. The fourth-order valence-electron chi connectivity index (χ4n) is 1.83. The number of rotatable bonds is 6. The van der Waals surface area contributed by atoms with Crippen LogP contribution in [-0.4, -0.2) is 25.1 Å². The quantitative estimate of drug-likeness (QED) is 0.886. The molecule has 1 heterocycles. The Labute approximate surface area is 121 Å². The maximum absolute atomic E-state index is 11.7. The Morgan fingerprint density at radius 2 is 2.00 bits per heavy atom. The van der Waals surface area contributed by atoms with Gasteiger partial charge in [-0.1, -0.05) is 24.7 Å². The Morgan fingerprint density at radius 1 is 1.30 bits per heavy atom. The predicted molar refractivity (Wildman–Crippen MR) is 80.9 cm³/mol. The fourth-order valence-corrected chi connectivity index (χ4v) is 2.72. The number of methoxy groups -OCH3 is 2. The summed E-state index contributed by atoms with van der Waals surface area (Å²) >= 11 is 1.43. The van der Waals surface area contributed by atoms with Gasteiger partial charge >= 0.3 is 0 Å². The van der Waals surface area contributed by atoms with Crippen LogP contribution in [0.3, 0.4) is 0 Å². The molecule has 0 unspecified atom stereocenters. The number of nitrogens with zero attached hydrogens (tertiary/aromatic N) is 1. The van der Waals surface area contributed by atoms with E-state index in [4.69, 9.17) is 9.47 Å². The standard InChI is InChI=1S/C14H18N2O3S/c1-4-5-6-13(17)16-14-15-9-7-10(18-2)11(19-3)8-12(9)20-14/h7-8H,4-6H2,1-3H3,(H,15,16,17). The van der Waals surface area contributed by atoms with E-state index in [1.54, 1.807) is 14.2 Å². The summed E-state index contributed by atoms with van der Waals surface area (Å²) in [6.45, 7) is 2.06. The van der Waals surface area contributed by atoms with Crippen LogP contribution in [0.15, 0.2) is 12.1 Å². The van der Waals surface area contributed by atoms with Gasteiger partial charge in [-0.3, -0.25) is 4.79 Å². The van der Waals surface area contributed by atoms with Gasteiger partial charge in [0.25, 0.3) is 0 Å². The zero-order valence-electron chi connectivity index (χ0n) is 11.9. The average molecular weight is 294 g/mol. The first-order valence-electron chi connectivity index (χ1n) is 6.50. The van der Waals surface area contributed by atoms with Gasteiger partial charge < -0.3 is 14.8 Å². The van der Waals surface area contributed by atoms with Gasteiger partial charge in [-0.2, -0.15) is 0 Å². The van der Waals surface area contributed by atoms with Crippen LogP contribution in [0, 0.1) is 0 Å². The molecule has 0 aliphatic carbocycles. The Bertz CT molecular complexity index is 569. The van der Waals surface area contributed by atoms with Crippen LogP contribution in [0.5, 0.6) is 11.5 Å². The number of hydrogen-bond donors (Lipinski definition) is 1. The maximum Gasteiger partial charge on any atom is 0.226 e. The lowest BCUT2D eigenvalue weighted by atomic mass is 10.2. The maximum atomic E-state index is 11.7. The first-order chi connectivity index (χ1) is 9.67. The molecule has 0 radical (unpaired) electrons. The number of anilines is 1. The van der Waals surface area contributed by atoms with Gasteiger partial charge in [0.1, 0.15) is 0 Å². The first kappa shape index (κ1) is 14.6. The number of amides is 1. The fraction of sp³-hybridized carbons (Fsp3) is 0.429. The lowest BCUT2D eigenvalue weighted by molar-refractivity contribution is -0.116. The number of benzene rings is 1. The Hall–Kier alpha value is -1.82. The highest BCUT2D eigenvalue weighted by Gasteiger charge is 2.12. The molecule has 20 heavy (non-hydrogen) atoms. The minimum absolute atomic E-state index is 0.00448. The average Bonchev–Trinajstić information content (AvgIpc) is 2.84. The van der Waals surface area contributed by atoms with Crippen LogP contribution in [0.4, 0.5) is 5.13 Å². The number of fused-ring (bicyclic) bond motifs is 1. The largest absolute Gasteiger partial charge is 0.493 e. The molecule has 1 N–H and O–H groups in total. The van der Waals surface area contributed by atoms with E-state index in [9.17, 15) is 4.79 Å². The molecule has 0 aliphatic heterocycles. The Kier molecular flexibility index (Phi) is 4.79. The van der Waals surface area contributed by atoms with Crippen LogP contribution in [-0.2, 0) is 4.79 Å². The number of aromatic nitrogens is 1. The zero-order chi connectivity index (χ0) is 14.5. The van der Waals surface area contributed by atoms with Crippen LogP contribution in [0.2, 0.25) is 0 Å². The molecule has 0 aliphatic rings. The molecule has 2 aromatic rings. The number of nitrogens with one attached hydrogen (secondary N) is 1. The SMILES string of the molecule is CCCCC(=O)Nc1nc2cc(OC)c(OC)cc2s1. The van der Waals surface area contributed by atoms with E-state index >= 15 is 0 Å². The van der Waals surface area contributed by atoms with Gasteiger partial charge in [0.2, 0.25) is 5.91 Å². The van der Waals surface area contributed by atoms with Crippen LogP contribution < -0.4 is 14.8 Å². The number of carbonyl (C=O) groups excluding carboxylic acids is 1. The number of hydrogen-bond acceptors (Lipinski definition) is 5. The van der Waals surface area contributed by atoms with Gasteiger partial charge in [-0.15, -0.1) is 0 Å². The summed E-state index contributed by atoms with van der Waals surface area (Å²) in [5.74, 6) is 1.30. The van der Waals surface area contributed by atoms with Crippen molar-refractivity contribution in [3.63, 3.8) is 0 Å². The molecule has 5 nitrogen and oxygen atoms in total. The Morgan fingerprint density at radius 3 is 2.65 bits per heavy atom. The second kappa shape index (κ2) is 6.56. The number of thiazole rings is 1. The molecule has 0 fully saturated rings. The highest BCUT2D eigenvalue weighted by atomic mass is 32.1. The summed E-state index contributed by atoms with van der Waals surface area (Å²) in [4.78, 5) is 16.1. The van der Waals surface area contributed by atoms with Crippen molar-refractivity contribution >= 4 is 32.6 Å². The molecule has 1 aromatic carbocycles. The van der Waals surface area contributed by atoms with Crippen molar-refractivity contribution in [3.05, 3.63) is 12.1 Å². The van der Waals surface area contributed by atoms with E-state index in [-0.39, 0.29) is 5.91 Å². The van der Waals surface area contributed by atoms with Gasteiger partial charge in [-0.05, 0) is 6.42 Å². The second-order valence-corrected chi connectivity index (χ2v) is 5.38. The molecule has 1 amide bonds. The van der Waals surface area contributed by atoms with E-state index in [0.717, 1.165) is 23.1 Å². The van der Waals surface area contributed by atoms with Crippen molar-refractivity contribution < 1.29 is 14.3 Å². The van der Waals surface area contributed by atoms with Crippen molar-refractivity contribution in [2.75, 3.05) is 19.5 Å². The van der Waals surface area contributed by atoms with Crippen molar-refractivity contribution in [1.29, 1.82) is 0 Å². The first-order valence-corrected chi connectivity index (χ1v) is 7.32. The summed E-state index contributed by atoms with van der Waals surface area (Å²) in [6.07, 6.45) is 2.42. The van der Waals surface area contributed by atoms with Crippen molar-refractivity contribution in [2.24, 2.45) is 0 Å². The third-order valence-corrected chi connectivity index (χ3v) is 3.83. The van der Waals surface area contributed by atoms with Gasteiger partial charge in [0.15, 0.2) is 16.6 Å². The molecule has 0 saturated heterocycles. The lowest BCUT2D eigenvalue weighted by Crippen LogP contribution is -2.10. The normalized spacial score (nSPS) is 10.6. The van der Waals surface area contributed by atoms with Gasteiger partial charge in [0.05, 0.1) is 24.4 Å². The van der Waals surface area contributed by atoms with Gasteiger partial charge in [0, 0.05) is 18.6 Å². The predicted octanol–water partition coefficient (Wildman–Crippen LogP) is 3.44. The third-order valence-electron chi connectivity index (χ3n) is 2.90. The summed E-state index contributed by atoms with van der Waals surface area (Å²) in [5, 5.41) is 3.44. The van der Waals surface area contributed by atoms with Crippen LogP contribution >= 0.6 is 11.3 Å². The van der Waals surface area contributed by atoms with E-state index in [1.165, 1.54) is 11.3 Å². The molecule has 6 heteroatoms. The van der Waals surface area contributed by atoms with Crippen LogP contribution in [0.25, 0.3) is 10.2 Å². The van der Waals surface area contributed by atoms with Crippen molar-refractivity contribution in [2.45, 2.75) is 26.2 Å². The lowest BCUT2D eigenvalue weighted by Gasteiger charge is -2.05. The van der Waals surface area contributed by atoms with Crippen molar-refractivity contribution in [1.82, 2.24) is 4.98 Å². The minimum Gasteiger partial charge on any atom is -0.493 e. The summed E-state index contributed by atoms with van der Waals surface area (Å²) < 4.78 is 11.4. The minimum atomic E-state index is 0.00448. The van der Waals surface area contributed by atoms with E-state index in [1.807, 2.05) is 12.1 Å². The topological polar surface area (TPSA) is 60.5 Å². The van der Waals surface area contributed by atoms with E-state index in [0.29, 0.717) is 23.1 Å².